The highest BCUT2D eigenvalue weighted by atomic mass is 16.2. The molecule has 1 fully saturated rings. The first-order valence-corrected chi connectivity index (χ1v) is 7.30. The molecule has 2 aromatic rings. The van der Waals surface area contributed by atoms with Gasteiger partial charge in [-0.25, -0.2) is 0 Å². The minimum atomic E-state index is -0.655. The van der Waals surface area contributed by atoms with E-state index < -0.39 is 5.54 Å². The van der Waals surface area contributed by atoms with Crippen LogP contribution in [0.2, 0.25) is 0 Å². The molecule has 1 atom stereocenters. The second-order valence-electron chi connectivity index (χ2n) is 5.88. The summed E-state index contributed by atoms with van der Waals surface area (Å²) in [5.41, 5.74) is 8.70. The third-order valence-electron chi connectivity index (χ3n) is 4.06. The molecule has 21 heavy (non-hydrogen) atoms. The Labute approximate surface area is 125 Å². The van der Waals surface area contributed by atoms with Crippen LogP contribution in [-0.2, 0) is 4.79 Å². The summed E-state index contributed by atoms with van der Waals surface area (Å²) in [5.74, 6) is -0.0584. The molecule has 1 saturated carbocycles. The zero-order valence-corrected chi connectivity index (χ0v) is 12.2. The second kappa shape index (κ2) is 5.34. The minimum absolute atomic E-state index is 0.0584. The zero-order valence-electron chi connectivity index (χ0n) is 12.2. The molecule has 3 heteroatoms. The van der Waals surface area contributed by atoms with E-state index in [2.05, 4.69) is 36.5 Å². The summed E-state index contributed by atoms with van der Waals surface area (Å²) in [6.45, 7) is 2.05. The standard InChI is InChI=1S/C18H20N2O/c1-13-7-9-15(10-8-13)16(14-5-3-2-4-6-14)20-17(21)18(19)11-12-18/h2-10,16H,11-12,19H2,1H3,(H,20,21). The number of nitrogens with two attached hydrogens (primary N) is 1. The van der Waals surface area contributed by atoms with Gasteiger partial charge in [0.2, 0.25) is 5.91 Å². The molecule has 0 aliphatic heterocycles. The van der Waals surface area contributed by atoms with Crippen LogP contribution in [0.4, 0.5) is 0 Å². The van der Waals surface area contributed by atoms with Crippen molar-refractivity contribution in [1.82, 2.24) is 5.32 Å². The molecule has 2 aromatic carbocycles. The maximum Gasteiger partial charge on any atom is 0.240 e. The summed E-state index contributed by atoms with van der Waals surface area (Å²) in [6.07, 6.45) is 1.54. The summed E-state index contributed by atoms with van der Waals surface area (Å²) in [5, 5.41) is 3.11. The van der Waals surface area contributed by atoms with E-state index in [4.69, 9.17) is 5.73 Å². The molecule has 0 heterocycles. The lowest BCUT2D eigenvalue weighted by Gasteiger charge is -2.22. The van der Waals surface area contributed by atoms with Crippen molar-refractivity contribution < 1.29 is 4.79 Å². The van der Waals surface area contributed by atoms with E-state index in [-0.39, 0.29) is 11.9 Å². The predicted octanol–water partition coefficient (Wildman–Crippen LogP) is 2.69. The van der Waals surface area contributed by atoms with E-state index in [9.17, 15) is 4.79 Å². The van der Waals surface area contributed by atoms with Crippen LogP contribution in [0.15, 0.2) is 54.6 Å². The Bertz CT molecular complexity index is 630. The Morgan fingerprint density at radius 2 is 1.62 bits per heavy atom. The van der Waals surface area contributed by atoms with Crippen molar-refractivity contribution in [2.24, 2.45) is 5.73 Å². The van der Waals surface area contributed by atoms with E-state index in [0.29, 0.717) is 0 Å². The van der Waals surface area contributed by atoms with E-state index in [1.54, 1.807) is 0 Å². The molecule has 1 aliphatic carbocycles. The quantitative estimate of drug-likeness (QED) is 0.904. The van der Waals surface area contributed by atoms with Crippen LogP contribution in [0.25, 0.3) is 0 Å². The van der Waals surface area contributed by atoms with Crippen molar-refractivity contribution in [2.75, 3.05) is 0 Å². The Morgan fingerprint density at radius 1 is 1.05 bits per heavy atom. The lowest BCUT2D eigenvalue weighted by molar-refractivity contribution is -0.123. The number of hydrogen-bond acceptors (Lipinski definition) is 2. The van der Waals surface area contributed by atoms with Gasteiger partial charge in [0.1, 0.15) is 0 Å². The molecule has 0 radical (unpaired) electrons. The maximum absolute atomic E-state index is 12.3. The SMILES string of the molecule is Cc1ccc(C(NC(=O)C2(N)CC2)c2ccccc2)cc1. The largest absolute Gasteiger partial charge is 0.344 e. The fourth-order valence-corrected chi connectivity index (χ4v) is 2.40. The number of nitrogens with one attached hydrogen (secondary N) is 1. The first kappa shape index (κ1) is 13.8. The summed E-state index contributed by atoms with van der Waals surface area (Å²) >= 11 is 0. The summed E-state index contributed by atoms with van der Waals surface area (Å²) in [6, 6.07) is 18.1. The van der Waals surface area contributed by atoms with E-state index in [1.165, 1.54) is 5.56 Å². The normalized spacial score (nSPS) is 17.0. The topological polar surface area (TPSA) is 55.1 Å². The van der Waals surface area contributed by atoms with Crippen LogP contribution in [0.1, 0.15) is 35.6 Å². The number of amides is 1. The van der Waals surface area contributed by atoms with Crippen LogP contribution in [0, 0.1) is 6.92 Å². The second-order valence-corrected chi connectivity index (χ2v) is 5.88. The first-order chi connectivity index (χ1) is 10.1. The highest BCUT2D eigenvalue weighted by Crippen LogP contribution is 2.33. The summed E-state index contributed by atoms with van der Waals surface area (Å²) in [4.78, 5) is 12.3. The predicted molar refractivity (Wildman–Crippen MR) is 83.8 cm³/mol. The highest BCUT2D eigenvalue weighted by Gasteiger charge is 2.46. The molecule has 3 N–H and O–H groups in total. The average Bonchev–Trinajstić information content (AvgIpc) is 3.26. The zero-order chi connectivity index (χ0) is 14.9. The van der Waals surface area contributed by atoms with Crippen LogP contribution in [0.5, 0.6) is 0 Å². The summed E-state index contributed by atoms with van der Waals surface area (Å²) in [7, 11) is 0. The molecule has 1 unspecified atom stereocenters. The molecule has 0 saturated heterocycles. The van der Waals surface area contributed by atoms with Gasteiger partial charge in [-0.15, -0.1) is 0 Å². The lowest BCUT2D eigenvalue weighted by atomic mass is 9.97. The highest BCUT2D eigenvalue weighted by molar-refractivity contribution is 5.89. The summed E-state index contributed by atoms with van der Waals surface area (Å²) < 4.78 is 0. The fourth-order valence-electron chi connectivity index (χ4n) is 2.40. The van der Waals surface area contributed by atoms with E-state index in [0.717, 1.165) is 24.0 Å². The lowest BCUT2D eigenvalue weighted by Crippen LogP contribution is -2.44. The van der Waals surface area contributed by atoms with Gasteiger partial charge in [0, 0.05) is 0 Å². The Balaban J connectivity index is 1.91. The Hall–Kier alpha value is -2.13. The van der Waals surface area contributed by atoms with E-state index in [1.807, 2.05) is 30.3 Å². The van der Waals surface area contributed by atoms with Crippen molar-refractivity contribution in [1.29, 1.82) is 0 Å². The van der Waals surface area contributed by atoms with Gasteiger partial charge in [0.15, 0.2) is 0 Å². The van der Waals surface area contributed by atoms with Gasteiger partial charge < -0.3 is 11.1 Å². The molecular formula is C18H20N2O. The van der Waals surface area contributed by atoms with Gasteiger partial charge in [-0.3, -0.25) is 4.79 Å². The number of carbonyl (C=O) groups excluding carboxylic acids is 1. The molecular weight excluding hydrogens is 260 g/mol. The van der Waals surface area contributed by atoms with Crippen molar-refractivity contribution >= 4 is 5.91 Å². The third-order valence-corrected chi connectivity index (χ3v) is 4.06. The minimum Gasteiger partial charge on any atom is -0.344 e. The molecule has 3 nitrogen and oxygen atoms in total. The molecule has 1 aliphatic rings. The Morgan fingerprint density at radius 3 is 2.19 bits per heavy atom. The van der Waals surface area contributed by atoms with E-state index >= 15 is 0 Å². The molecule has 108 valence electrons. The number of benzene rings is 2. The van der Waals surface area contributed by atoms with Gasteiger partial charge in [-0.1, -0.05) is 60.2 Å². The van der Waals surface area contributed by atoms with Crippen molar-refractivity contribution in [2.45, 2.75) is 31.3 Å². The van der Waals surface area contributed by atoms with Gasteiger partial charge in [-0.2, -0.15) is 0 Å². The molecule has 1 amide bonds. The van der Waals surface area contributed by atoms with Crippen LogP contribution >= 0.6 is 0 Å². The molecule has 0 aromatic heterocycles. The Kier molecular flexibility index (Phi) is 3.52. The maximum atomic E-state index is 12.3. The van der Waals surface area contributed by atoms with Gasteiger partial charge in [0.25, 0.3) is 0 Å². The van der Waals surface area contributed by atoms with Crippen molar-refractivity contribution in [3.8, 4) is 0 Å². The third kappa shape index (κ3) is 2.98. The van der Waals surface area contributed by atoms with Crippen LogP contribution < -0.4 is 11.1 Å². The number of rotatable bonds is 4. The molecule has 0 bridgehead atoms. The molecule has 3 rings (SSSR count). The van der Waals surface area contributed by atoms with Crippen LogP contribution in [-0.4, -0.2) is 11.4 Å². The number of hydrogen-bond donors (Lipinski definition) is 2. The van der Waals surface area contributed by atoms with Gasteiger partial charge >= 0.3 is 0 Å². The van der Waals surface area contributed by atoms with Gasteiger partial charge in [0.05, 0.1) is 11.6 Å². The van der Waals surface area contributed by atoms with Gasteiger partial charge in [-0.05, 0) is 30.9 Å². The number of aryl methyl sites for hydroxylation is 1. The van der Waals surface area contributed by atoms with Crippen molar-refractivity contribution in [3.63, 3.8) is 0 Å². The molecule has 0 spiro atoms. The van der Waals surface area contributed by atoms with Crippen molar-refractivity contribution in [3.05, 3.63) is 71.3 Å². The monoisotopic (exact) mass is 280 g/mol. The average molecular weight is 280 g/mol. The number of carbonyl (C=O) groups is 1. The van der Waals surface area contributed by atoms with Crippen LogP contribution in [0.3, 0.4) is 0 Å². The fraction of sp³-hybridized carbons (Fsp3) is 0.278. The smallest absolute Gasteiger partial charge is 0.240 e. The first-order valence-electron chi connectivity index (χ1n) is 7.30.